The lowest BCUT2D eigenvalue weighted by Crippen LogP contribution is -2.30. The second kappa shape index (κ2) is 8.69. The monoisotopic (exact) mass is 433 g/mol. The molecule has 1 heterocycles. The molecule has 3 atom stereocenters. The quantitative estimate of drug-likeness (QED) is 0.400. The van der Waals surface area contributed by atoms with Gasteiger partial charge < -0.3 is 4.74 Å². The van der Waals surface area contributed by atoms with Crippen molar-refractivity contribution in [2.75, 3.05) is 11.5 Å². The highest BCUT2D eigenvalue weighted by Gasteiger charge is 2.49. The molecule has 0 radical (unpaired) electrons. The summed E-state index contributed by atoms with van der Waals surface area (Å²) in [4.78, 5) is 51.6. The third-order valence-corrected chi connectivity index (χ3v) is 6.71. The summed E-state index contributed by atoms with van der Waals surface area (Å²) in [5.74, 6) is -1.25. The number of hydrogen-bond donors (Lipinski definition) is 0. The van der Waals surface area contributed by atoms with Gasteiger partial charge in [-0.15, -0.1) is 0 Å². The summed E-state index contributed by atoms with van der Waals surface area (Å²) < 4.78 is 5.18. The predicted molar refractivity (Wildman–Crippen MR) is 119 cm³/mol. The molecule has 0 N–H and O–H groups in total. The van der Waals surface area contributed by atoms with Crippen molar-refractivity contribution >= 4 is 29.3 Å². The lowest BCUT2D eigenvalue weighted by Gasteiger charge is -2.25. The van der Waals surface area contributed by atoms with E-state index in [4.69, 9.17) is 4.74 Å². The van der Waals surface area contributed by atoms with Crippen molar-refractivity contribution in [2.24, 2.45) is 17.8 Å². The SMILES string of the molecule is Cc1ccc(C(=O)COC(=O)c2ccc(N3C(=O)[C@@H]4CC[C@@H](C)C[C@H]4C3=O)cc2)cc1C. The predicted octanol–water partition coefficient (Wildman–Crippen LogP) is 4.27. The van der Waals surface area contributed by atoms with E-state index in [-0.39, 0.29) is 41.6 Å². The Labute approximate surface area is 187 Å². The van der Waals surface area contributed by atoms with Crippen LogP contribution in [0.1, 0.15) is 58.0 Å². The topological polar surface area (TPSA) is 80.8 Å². The van der Waals surface area contributed by atoms with Crippen LogP contribution in [0.15, 0.2) is 42.5 Å². The van der Waals surface area contributed by atoms with Crippen LogP contribution in [-0.4, -0.2) is 30.2 Å². The number of aryl methyl sites for hydroxylation is 2. The van der Waals surface area contributed by atoms with E-state index in [2.05, 4.69) is 6.92 Å². The Morgan fingerprint density at radius 1 is 0.906 bits per heavy atom. The molecule has 2 amide bonds. The van der Waals surface area contributed by atoms with Gasteiger partial charge in [-0.25, -0.2) is 4.79 Å². The number of carbonyl (C=O) groups excluding carboxylic acids is 4. The number of carbonyl (C=O) groups is 4. The zero-order valence-corrected chi connectivity index (χ0v) is 18.6. The maximum Gasteiger partial charge on any atom is 0.338 e. The van der Waals surface area contributed by atoms with E-state index < -0.39 is 5.97 Å². The fraction of sp³-hybridized carbons (Fsp3) is 0.385. The van der Waals surface area contributed by atoms with Crippen LogP contribution in [0.5, 0.6) is 0 Å². The van der Waals surface area contributed by atoms with Gasteiger partial charge in [0.05, 0.1) is 23.1 Å². The van der Waals surface area contributed by atoms with Gasteiger partial charge in [-0.1, -0.05) is 19.1 Å². The molecule has 166 valence electrons. The van der Waals surface area contributed by atoms with Gasteiger partial charge in [-0.05, 0) is 80.5 Å². The lowest BCUT2D eigenvalue weighted by molar-refractivity contribution is -0.122. The number of esters is 1. The summed E-state index contributed by atoms with van der Waals surface area (Å²) in [6.45, 7) is 5.64. The molecular formula is C26H27NO5. The number of hydrogen-bond acceptors (Lipinski definition) is 5. The van der Waals surface area contributed by atoms with Gasteiger partial charge in [0.15, 0.2) is 12.4 Å². The van der Waals surface area contributed by atoms with Crippen LogP contribution >= 0.6 is 0 Å². The number of ether oxygens (including phenoxy) is 1. The maximum atomic E-state index is 12.8. The first-order valence-corrected chi connectivity index (χ1v) is 11.0. The largest absolute Gasteiger partial charge is 0.454 e. The molecule has 6 nitrogen and oxygen atoms in total. The molecule has 2 aromatic rings. The molecule has 0 bridgehead atoms. The summed E-state index contributed by atoms with van der Waals surface area (Å²) >= 11 is 0. The molecule has 0 aromatic heterocycles. The number of rotatable bonds is 5. The van der Waals surface area contributed by atoms with Crippen molar-refractivity contribution in [3.63, 3.8) is 0 Å². The first kappa shape index (κ1) is 21.9. The van der Waals surface area contributed by atoms with Gasteiger partial charge in [0.2, 0.25) is 11.8 Å². The average molecular weight is 434 g/mol. The maximum absolute atomic E-state index is 12.8. The summed E-state index contributed by atoms with van der Waals surface area (Å²) in [6.07, 6.45) is 2.44. The Balaban J connectivity index is 1.40. The molecular weight excluding hydrogens is 406 g/mol. The molecule has 4 rings (SSSR count). The molecule has 1 aliphatic heterocycles. The van der Waals surface area contributed by atoms with E-state index in [1.54, 1.807) is 24.3 Å². The Bertz CT molecular complexity index is 1090. The van der Waals surface area contributed by atoms with Crippen molar-refractivity contribution in [2.45, 2.75) is 40.0 Å². The number of amides is 2. The number of anilines is 1. The molecule has 0 unspecified atom stereocenters. The van der Waals surface area contributed by atoms with Crippen LogP contribution in [0, 0.1) is 31.6 Å². The number of benzene rings is 2. The van der Waals surface area contributed by atoms with Crippen molar-refractivity contribution in [1.82, 2.24) is 0 Å². The Hall–Kier alpha value is -3.28. The van der Waals surface area contributed by atoms with E-state index in [0.29, 0.717) is 17.2 Å². The third kappa shape index (κ3) is 4.09. The number of nitrogens with zero attached hydrogens (tertiary/aromatic N) is 1. The van der Waals surface area contributed by atoms with Crippen LogP contribution in [-0.2, 0) is 14.3 Å². The van der Waals surface area contributed by atoms with Crippen molar-refractivity contribution < 1.29 is 23.9 Å². The molecule has 32 heavy (non-hydrogen) atoms. The van der Waals surface area contributed by atoms with E-state index in [1.165, 1.54) is 17.0 Å². The summed E-state index contributed by atoms with van der Waals surface area (Å²) in [5, 5.41) is 0. The zero-order valence-electron chi connectivity index (χ0n) is 18.6. The molecule has 2 aromatic carbocycles. The van der Waals surface area contributed by atoms with Crippen molar-refractivity contribution in [3.8, 4) is 0 Å². The van der Waals surface area contributed by atoms with E-state index in [9.17, 15) is 19.2 Å². The van der Waals surface area contributed by atoms with Gasteiger partial charge in [-0.3, -0.25) is 19.3 Å². The Kier molecular flexibility index (Phi) is 5.96. The normalized spacial score (nSPS) is 22.6. The summed E-state index contributed by atoms with van der Waals surface area (Å²) in [6, 6.07) is 11.6. The van der Waals surface area contributed by atoms with E-state index in [0.717, 1.165) is 30.4 Å². The second-order valence-electron chi connectivity index (χ2n) is 8.99. The average Bonchev–Trinajstić information content (AvgIpc) is 3.03. The number of ketones is 1. The highest BCUT2D eigenvalue weighted by atomic mass is 16.5. The minimum Gasteiger partial charge on any atom is -0.454 e. The molecule has 0 spiro atoms. The summed E-state index contributed by atoms with van der Waals surface area (Å²) in [5.41, 5.74) is 3.30. The Morgan fingerprint density at radius 2 is 1.56 bits per heavy atom. The fourth-order valence-electron chi connectivity index (χ4n) is 4.60. The first-order chi connectivity index (χ1) is 15.3. The number of imide groups is 1. The Morgan fingerprint density at radius 3 is 2.25 bits per heavy atom. The van der Waals surface area contributed by atoms with E-state index in [1.807, 2.05) is 19.9 Å². The van der Waals surface area contributed by atoms with Gasteiger partial charge in [0, 0.05) is 5.56 Å². The molecule has 2 aliphatic rings. The minimum absolute atomic E-state index is 0.152. The van der Waals surface area contributed by atoms with Crippen LogP contribution in [0.25, 0.3) is 0 Å². The van der Waals surface area contributed by atoms with E-state index >= 15 is 0 Å². The van der Waals surface area contributed by atoms with Gasteiger partial charge in [0.25, 0.3) is 0 Å². The van der Waals surface area contributed by atoms with Crippen molar-refractivity contribution in [3.05, 3.63) is 64.7 Å². The van der Waals surface area contributed by atoms with Gasteiger partial charge in [0.1, 0.15) is 0 Å². The third-order valence-electron chi connectivity index (χ3n) is 6.71. The molecule has 2 fully saturated rings. The molecule has 1 saturated heterocycles. The highest BCUT2D eigenvalue weighted by molar-refractivity contribution is 6.22. The fourth-order valence-corrected chi connectivity index (χ4v) is 4.60. The highest BCUT2D eigenvalue weighted by Crippen LogP contribution is 2.42. The van der Waals surface area contributed by atoms with Gasteiger partial charge >= 0.3 is 5.97 Å². The van der Waals surface area contributed by atoms with Crippen LogP contribution in [0.4, 0.5) is 5.69 Å². The number of fused-ring (bicyclic) bond motifs is 1. The first-order valence-electron chi connectivity index (χ1n) is 11.0. The molecule has 6 heteroatoms. The molecule has 1 saturated carbocycles. The standard InChI is InChI=1S/C26H27NO5/c1-15-4-11-21-22(12-15)25(30)27(24(21)29)20-9-7-18(8-10-20)26(31)32-14-23(28)19-6-5-16(2)17(3)13-19/h5-10,13,15,21-22H,4,11-12,14H2,1-3H3/t15-,21-,22-/m1/s1. The number of Topliss-reactive ketones (excluding diaryl/α,β-unsaturated/α-hetero) is 1. The van der Waals surface area contributed by atoms with Crippen molar-refractivity contribution in [1.29, 1.82) is 0 Å². The minimum atomic E-state index is -0.629. The second-order valence-corrected chi connectivity index (χ2v) is 8.99. The van der Waals surface area contributed by atoms with Crippen LogP contribution in [0.3, 0.4) is 0 Å². The van der Waals surface area contributed by atoms with Crippen LogP contribution in [0.2, 0.25) is 0 Å². The zero-order chi connectivity index (χ0) is 23.0. The van der Waals surface area contributed by atoms with Gasteiger partial charge in [-0.2, -0.15) is 0 Å². The lowest BCUT2D eigenvalue weighted by atomic mass is 9.76. The van der Waals surface area contributed by atoms with Crippen LogP contribution < -0.4 is 4.90 Å². The summed E-state index contributed by atoms with van der Waals surface area (Å²) in [7, 11) is 0. The smallest absolute Gasteiger partial charge is 0.338 e. The molecule has 1 aliphatic carbocycles.